The SMILES string of the molecule is CCCCSc1nc2c(c(=O)[nH]1)[C@@H](c1ccncc1)C(C(=O)OC)=C(C)N2. The van der Waals surface area contributed by atoms with Crippen molar-refractivity contribution in [2.75, 3.05) is 18.2 Å². The second kappa shape index (κ2) is 8.39. The van der Waals surface area contributed by atoms with Gasteiger partial charge in [-0.2, -0.15) is 0 Å². The Balaban J connectivity index is 2.12. The lowest BCUT2D eigenvalue weighted by atomic mass is 9.83. The second-order valence-corrected chi connectivity index (χ2v) is 7.29. The smallest absolute Gasteiger partial charge is 0.336 e. The van der Waals surface area contributed by atoms with E-state index >= 15 is 0 Å². The number of carbonyl (C=O) groups excluding carboxylic acids is 1. The summed E-state index contributed by atoms with van der Waals surface area (Å²) in [6.45, 7) is 3.91. The van der Waals surface area contributed by atoms with E-state index in [1.54, 1.807) is 31.5 Å². The number of H-pyrrole nitrogens is 1. The van der Waals surface area contributed by atoms with Gasteiger partial charge in [0.2, 0.25) is 0 Å². The van der Waals surface area contributed by atoms with Crippen LogP contribution >= 0.6 is 11.8 Å². The van der Waals surface area contributed by atoms with Gasteiger partial charge in [-0.1, -0.05) is 25.1 Å². The van der Waals surface area contributed by atoms with E-state index in [-0.39, 0.29) is 5.56 Å². The Morgan fingerprint density at radius 3 is 2.74 bits per heavy atom. The number of aromatic nitrogens is 3. The van der Waals surface area contributed by atoms with E-state index in [0.717, 1.165) is 24.2 Å². The standard InChI is InChI=1S/C19H22N4O3S/c1-4-5-10-27-19-22-16-15(17(24)23-19)14(12-6-8-20-9-7-12)13(11(2)21-16)18(25)26-3/h6-9,14H,4-5,10H2,1-3H3,(H2,21,22,23,24)/t14-/m0/s1. The molecule has 0 radical (unpaired) electrons. The van der Waals surface area contributed by atoms with Crippen molar-refractivity contribution in [2.24, 2.45) is 0 Å². The average Bonchev–Trinajstić information content (AvgIpc) is 2.67. The third kappa shape index (κ3) is 3.90. The molecule has 0 saturated carbocycles. The van der Waals surface area contributed by atoms with Gasteiger partial charge in [0.05, 0.1) is 24.2 Å². The van der Waals surface area contributed by atoms with Gasteiger partial charge >= 0.3 is 5.97 Å². The second-order valence-electron chi connectivity index (χ2n) is 6.20. The van der Waals surface area contributed by atoms with Crippen LogP contribution < -0.4 is 10.9 Å². The lowest BCUT2D eigenvalue weighted by Gasteiger charge is -2.28. The maximum Gasteiger partial charge on any atom is 0.336 e. The summed E-state index contributed by atoms with van der Waals surface area (Å²) in [4.78, 5) is 36.8. The van der Waals surface area contributed by atoms with Crippen molar-refractivity contribution < 1.29 is 9.53 Å². The van der Waals surface area contributed by atoms with Crippen molar-refractivity contribution in [3.8, 4) is 0 Å². The predicted octanol–water partition coefficient (Wildman–Crippen LogP) is 3.06. The molecule has 0 saturated heterocycles. The van der Waals surface area contributed by atoms with Crippen molar-refractivity contribution in [1.29, 1.82) is 0 Å². The number of allylic oxidation sites excluding steroid dienone is 1. The van der Waals surface area contributed by atoms with Crippen LogP contribution in [0.3, 0.4) is 0 Å². The van der Waals surface area contributed by atoms with Crippen LogP contribution in [0.4, 0.5) is 5.82 Å². The maximum atomic E-state index is 12.9. The lowest BCUT2D eigenvalue weighted by Crippen LogP contribution is -2.31. The van der Waals surface area contributed by atoms with Crippen LogP contribution in [-0.4, -0.2) is 33.8 Å². The first kappa shape index (κ1) is 19.2. The topological polar surface area (TPSA) is 97.0 Å². The van der Waals surface area contributed by atoms with E-state index in [4.69, 9.17) is 4.74 Å². The number of pyridine rings is 1. The van der Waals surface area contributed by atoms with Gasteiger partial charge in [0.25, 0.3) is 5.56 Å². The highest BCUT2D eigenvalue weighted by atomic mass is 32.2. The van der Waals surface area contributed by atoms with E-state index < -0.39 is 11.9 Å². The summed E-state index contributed by atoms with van der Waals surface area (Å²) in [5, 5.41) is 3.69. The number of hydrogen-bond acceptors (Lipinski definition) is 7. The maximum absolute atomic E-state index is 12.9. The molecule has 0 aromatic carbocycles. The van der Waals surface area contributed by atoms with Crippen LogP contribution in [0, 0.1) is 0 Å². The van der Waals surface area contributed by atoms with Crippen LogP contribution in [0.25, 0.3) is 0 Å². The number of aromatic amines is 1. The van der Waals surface area contributed by atoms with Gasteiger partial charge in [0.15, 0.2) is 5.16 Å². The number of methoxy groups -OCH3 is 1. The molecular formula is C19H22N4O3S. The quantitative estimate of drug-likeness (QED) is 0.341. The van der Waals surface area contributed by atoms with Gasteiger partial charge in [-0.3, -0.25) is 9.78 Å². The number of fused-ring (bicyclic) bond motifs is 1. The minimum Gasteiger partial charge on any atom is -0.466 e. The normalized spacial score (nSPS) is 15.9. The highest BCUT2D eigenvalue weighted by molar-refractivity contribution is 7.99. The summed E-state index contributed by atoms with van der Waals surface area (Å²) in [7, 11) is 1.33. The minimum absolute atomic E-state index is 0.262. The molecule has 0 unspecified atom stereocenters. The first-order valence-electron chi connectivity index (χ1n) is 8.79. The number of thioether (sulfide) groups is 1. The third-order valence-corrected chi connectivity index (χ3v) is 5.36. The zero-order chi connectivity index (χ0) is 19.4. The van der Waals surface area contributed by atoms with Crippen molar-refractivity contribution in [1.82, 2.24) is 15.0 Å². The average molecular weight is 386 g/mol. The molecular weight excluding hydrogens is 364 g/mol. The number of nitrogens with zero attached hydrogens (tertiary/aromatic N) is 2. The summed E-state index contributed by atoms with van der Waals surface area (Å²) >= 11 is 1.52. The summed E-state index contributed by atoms with van der Waals surface area (Å²) in [5.74, 6) is 0.314. The van der Waals surface area contributed by atoms with Crippen molar-refractivity contribution >= 4 is 23.5 Å². The molecule has 0 aliphatic carbocycles. The molecule has 1 atom stereocenters. The molecule has 3 rings (SSSR count). The van der Waals surface area contributed by atoms with E-state index in [0.29, 0.717) is 27.8 Å². The summed E-state index contributed by atoms with van der Waals surface area (Å²) in [6.07, 6.45) is 5.40. The zero-order valence-electron chi connectivity index (χ0n) is 15.5. The molecule has 1 aliphatic rings. The van der Waals surface area contributed by atoms with Crippen LogP contribution in [0.5, 0.6) is 0 Å². The predicted molar refractivity (Wildman–Crippen MR) is 105 cm³/mol. The van der Waals surface area contributed by atoms with Crippen molar-refractivity contribution in [3.63, 3.8) is 0 Å². The summed E-state index contributed by atoms with van der Waals surface area (Å²) < 4.78 is 4.97. The van der Waals surface area contributed by atoms with Crippen LogP contribution in [0.1, 0.15) is 43.7 Å². The molecule has 2 aromatic rings. The van der Waals surface area contributed by atoms with Gasteiger partial charge in [0, 0.05) is 23.8 Å². The lowest BCUT2D eigenvalue weighted by molar-refractivity contribution is -0.136. The number of unbranched alkanes of at least 4 members (excludes halogenated alkanes) is 1. The van der Waals surface area contributed by atoms with Crippen molar-refractivity contribution in [3.05, 3.63) is 57.3 Å². The van der Waals surface area contributed by atoms with Crippen LogP contribution in [0.2, 0.25) is 0 Å². The fourth-order valence-corrected chi connectivity index (χ4v) is 4.03. The molecule has 7 nitrogen and oxygen atoms in total. The molecule has 2 N–H and O–H groups in total. The summed E-state index contributed by atoms with van der Waals surface area (Å²) in [5.41, 5.74) is 1.95. The Labute approximate surface area is 161 Å². The molecule has 2 aromatic heterocycles. The van der Waals surface area contributed by atoms with Gasteiger partial charge < -0.3 is 15.0 Å². The first-order chi connectivity index (χ1) is 13.1. The fraction of sp³-hybridized carbons (Fsp3) is 0.368. The number of ether oxygens (including phenoxy) is 1. The highest BCUT2D eigenvalue weighted by Crippen LogP contribution is 2.39. The van der Waals surface area contributed by atoms with Gasteiger partial charge in [0.1, 0.15) is 5.82 Å². The van der Waals surface area contributed by atoms with Crippen molar-refractivity contribution in [2.45, 2.75) is 37.8 Å². The number of esters is 1. The zero-order valence-corrected chi connectivity index (χ0v) is 16.4. The van der Waals surface area contributed by atoms with Crippen LogP contribution in [0.15, 0.2) is 45.7 Å². The molecule has 3 heterocycles. The molecule has 8 heteroatoms. The molecule has 0 bridgehead atoms. The Hall–Kier alpha value is -2.61. The molecule has 0 fully saturated rings. The van der Waals surface area contributed by atoms with E-state index in [9.17, 15) is 9.59 Å². The molecule has 0 amide bonds. The largest absolute Gasteiger partial charge is 0.466 e. The molecule has 1 aliphatic heterocycles. The van der Waals surface area contributed by atoms with E-state index in [1.807, 2.05) is 0 Å². The Morgan fingerprint density at radius 2 is 2.07 bits per heavy atom. The van der Waals surface area contributed by atoms with Gasteiger partial charge in [-0.05, 0) is 31.0 Å². The number of rotatable bonds is 6. The monoisotopic (exact) mass is 386 g/mol. The Morgan fingerprint density at radius 1 is 1.33 bits per heavy atom. The summed E-state index contributed by atoms with van der Waals surface area (Å²) in [6, 6.07) is 3.58. The Bertz CT molecular complexity index is 924. The van der Waals surface area contributed by atoms with E-state index in [1.165, 1.54) is 18.9 Å². The highest BCUT2D eigenvalue weighted by Gasteiger charge is 2.36. The molecule has 0 spiro atoms. The third-order valence-electron chi connectivity index (χ3n) is 4.40. The minimum atomic E-state index is -0.567. The number of nitrogens with one attached hydrogen (secondary N) is 2. The Kier molecular flexibility index (Phi) is 5.95. The van der Waals surface area contributed by atoms with Crippen LogP contribution in [-0.2, 0) is 9.53 Å². The van der Waals surface area contributed by atoms with Gasteiger partial charge in [-0.15, -0.1) is 0 Å². The van der Waals surface area contributed by atoms with E-state index in [2.05, 4.69) is 27.2 Å². The number of anilines is 1. The number of carbonyl (C=O) groups is 1. The number of hydrogen-bond donors (Lipinski definition) is 2. The first-order valence-corrected chi connectivity index (χ1v) is 9.78. The van der Waals surface area contributed by atoms with Gasteiger partial charge in [-0.25, -0.2) is 9.78 Å². The molecule has 142 valence electrons. The fourth-order valence-electron chi connectivity index (χ4n) is 3.08. The molecule has 27 heavy (non-hydrogen) atoms.